The summed E-state index contributed by atoms with van der Waals surface area (Å²) in [5.41, 5.74) is 2.83. The van der Waals surface area contributed by atoms with Crippen molar-refractivity contribution in [1.29, 1.82) is 0 Å². The third-order valence-electron chi connectivity index (χ3n) is 4.11. The Morgan fingerprint density at radius 2 is 1.68 bits per heavy atom. The fraction of sp³-hybridized carbons (Fsp3) is 0.100. The standard InChI is InChI=1S/C20H17N3OS/c24-19(21-13-17-14-23-11-12-25-20(23)22-17)18(15-7-3-1-4-8-15)16-9-5-2-6-10-16/h1-12,14,18H,13H2,(H,21,24). The van der Waals surface area contributed by atoms with Crippen molar-refractivity contribution in [3.05, 3.63) is 95.3 Å². The van der Waals surface area contributed by atoms with Crippen LogP contribution in [0.15, 0.2) is 78.4 Å². The molecule has 2 aromatic carbocycles. The molecule has 0 fully saturated rings. The van der Waals surface area contributed by atoms with Gasteiger partial charge in [-0.1, -0.05) is 60.7 Å². The Bertz CT molecular complexity index is 908. The predicted molar refractivity (Wildman–Crippen MR) is 99.6 cm³/mol. The third kappa shape index (κ3) is 3.32. The van der Waals surface area contributed by atoms with E-state index >= 15 is 0 Å². The van der Waals surface area contributed by atoms with Crippen LogP contribution in [0.25, 0.3) is 4.96 Å². The molecule has 124 valence electrons. The van der Waals surface area contributed by atoms with Gasteiger partial charge in [0, 0.05) is 17.8 Å². The second-order valence-electron chi connectivity index (χ2n) is 5.80. The molecule has 5 heteroatoms. The van der Waals surface area contributed by atoms with Gasteiger partial charge in [0.1, 0.15) is 0 Å². The van der Waals surface area contributed by atoms with Crippen molar-refractivity contribution < 1.29 is 4.79 Å². The number of nitrogens with one attached hydrogen (secondary N) is 1. The maximum atomic E-state index is 12.9. The zero-order valence-corrected chi connectivity index (χ0v) is 14.3. The van der Waals surface area contributed by atoms with Crippen molar-refractivity contribution >= 4 is 22.2 Å². The first-order valence-electron chi connectivity index (χ1n) is 8.10. The molecule has 0 atom stereocenters. The topological polar surface area (TPSA) is 46.4 Å². The lowest BCUT2D eigenvalue weighted by molar-refractivity contribution is -0.121. The number of rotatable bonds is 5. The van der Waals surface area contributed by atoms with Crippen LogP contribution >= 0.6 is 11.3 Å². The molecule has 4 rings (SSSR count). The summed E-state index contributed by atoms with van der Waals surface area (Å²) in [5.74, 6) is -0.347. The maximum Gasteiger partial charge on any atom is 0.232 e. The Hall–Kier alpha value is -2.92. The van der Waals surface area contributed by atoms with Crippen molar-refractivity contribution in [1.82, 2.24) is 14.7 Å². The molecule has 4 nitrogen and oxygen atoms in total. The number of hydrogen-bond donors (Lipinski definition) is 1. The smallest absolute Gasteiger partial charge is 0.232 e. The van der Waals surface area contributed by atoms with Crippen LogP contribution in [0.3, 0.4) is 0 Å². The van der Waals surface area contributed by atoms with Gasteiger partial charge in [-0.2, -0.15) is 0 Å². The van der Waals surface area contributed by atoms with Crippen LogP contribution in [0.1, 0.15) is 22.7 Å². The molecular weight excluding hydrogens is 330 g/mol. The van der Waals surface area contributed by atoms with Gasteiger partial charge in [0.05, 0.1) is 18.2 Å². The molecule has 25 heavy (non-hydrogen) atoms. The first-order valence-corrected chi connectivity index (χ1v) is 8.98. The fourth-order valence-electron chi connectivity index (χ4n) is 2.93. The molecule has 4 aromatic rings. The van der Waals surface area contributed by atoms with Crippen molar-refractivity contribution in [2.45, 2.75) is 12.5 Å². The molecule has 2 aromatic heterocycles. The number of amides is 1. The normalized spacial score (nSPS) is 11.1. The third-order valence-corrected chi connectivity index (χ3v) is 4.89. The number of hydrogen-bond acceptors (Lipinski definition) is 3. The molecule has 1 amide bonds. The Morgan fingerprint density at radius 1 is 1.04 bits per heavy atom. The van der Waals surface area contributed by atoms with Gasteiger partial charge in [-0.15, -0.1) is 11.3 Å². The fourth-order valence-corrected chi connectivity index (χ4v) is 3.65. The molecule has 0 saturated heterocycles. The van der Waals surface area contributed by atoms with Crippen molar-refractivity contribution in [2.75, 3.05) is 0 Å². The lowest BCUT2D eigenvalue weighted by Crippen LogP contribution is -2.29. The highest BCUT2D eigenvalue weighted by Gasteiger charge is 2.22. The highest BCUT2D eigenvalue weighted by molar-refractivity contribution is 7.15. The zero-order valence-electron chi connectivity index (χ0n) is 13.5. The van der Waals surface area contributed by atoms with E-state index in [1.54, 1.807) is 11.3 Å². The van der Waals surface area contributed by atoms with Crippen LogP contribution in [0.4, 0.5) is 0 Å². The van der Waals surface area contributed by atoms with Gasteiger partial charge in [-0.25, -0.2) is 4.98 Å². The number of fused-ring (bicyclic) bond motifs is 1. The molecule has 0 unspecified atom stereocenters. The first kappa shape index (κ1) is 15.6. The number of benzene rings is 2. The number of carbonyl (C=O) groups is 1. The number of thiazole rings is 1. The van der Waals surface area contributed by atoms with Gasteiger partial charge in [-0.3, -0.25) is 9.20 Å². The van der Waals surface area contributed by atoms with E-state index in [2.05, 4.69) is 10.3 Å². The molecule has 0 aliphatic rings. The van der Waals surface area contributed by atoms with Gasteiger partial charge >= 0.3 is 0 Å². The average Bonchev–Trinajstić information content (AvgIpc) is 3.24. The van der Waals surface area contributed by atoms with Gasteiger partial charge in [0.25, 0.3) is 0 Å². The molecule has 0 radical (unpaired) electrons. The zero-order chi connectivity index (χ0) is 17.1. The Labute approximate surface area is 149 Å². The largest absolute Gasteiger partial charge is 0.350 e. The number of carbonyl (C=O) groups excluding carboxylic acids is 1. The maximum absolute atomic E-state index is 12.9. The van der Waals surface area contributed by atoms with E-state index in [1.165, 1.54) is 0 Å². The summed E-state index contributed by atoms with van der Waals surface area (Å²) in [6, 6.07) is 19.7. The number of imidazole rings is 1. The summed E-state index contributed by atoms with van der Waals surface area (Å²) in [6.07, 6.45) is 3.92. The quantitative estimate of drug-likeness (QED) is 0.596. The second-order valence-corrected chi connectivity index (χ2v) is 6.67. The SMILES string of the molecule is O=C(NCc1cn2ccsc2n1)C(c1ccccc1)c1ccccc1. The molecule has 2 heterocycles. The van der Waals surface area contributed by atoms with Crippen LogP contribution in [0, 0.1) is 0 Å². The highest BCUT2D eigenvalue weighted by Crippen LogP contribution is 2.24. The summed E-state index contributed by atoms with van der Waals surface area (Å²) in [7, 11) is 0. The van der Waals surface area contributed by atoms with Crippen molar-refractivity contribution in [3.63, 3.8) is 0 Å². The van der Waals surface area contributed by atoms with Gasteiger partial charge in [0.15, 0.2) is 4.96 Å². The highest BCUT2D eigenvalue weighted by atomic mass is 32.1. The Morgan fingerprint density at radius 3 is 2.28 bits per heavy atom. The number of nitrogens with zero attached hydrogens (tertiary/aromatic N) is 2. The van der Waals surface area contributed by atoms with Crippen molar-refractivity contribution in [2.24, 2.45) is 0 Å². The molecule has 0 bridgehead atoms. The van der Waals surface area contributed by atoms with E-state index in [0.717, 1.165) is 21.8 Å². The van der Waals surface area contributed by atoms with Crippen LogP contribution in [0.5, 0.6) is 0 Å². The minimum absolute atomic E-state index is 0.0197. The van der Waals surface area contributed by atoms with Crippen LogP contribution in [0.2, 0.25) is 0 Å². The molecule has 0 saturated carbocycles. The van der Waals surface area contributed by atoms with Gasteiger partial charge in [-0.05, 0) is 11.1 Å². The van der Waals surface area contributed by atoms with Crippen LogP contribution in [-0.2, 0) is 11.3 Å². The Balaban J connectivity index is 1.56. The minimum Gasteiger partial charge on any atom is -0.350 e. The summed E-state index contributed by atoms with van der Waals surface area (Å²) in [6.45, 7) is 0.420. The molecule has 0 spiro atoms. The molecule has 1 N–H and O–H groups in total. The van der Waals surface area contributed by atoms with E-state index in [4.69, 9.17) is 0 Å². The Kier molecular flexibility index (Phi) is 4.31. The predicted octanol–water partition coefficient (Wildman–Crippen LogP) is 3.84. The van der Waals surface area contributed by atoms with Gasteiger partial charge in [0.2, 0.25) is 5.91 Å². The van der Waals surface area contributed by atoms with Crippen LogP contribution < -0.4 is 5.32 Å². The van der Waals surface area contributed by atoms with E-state index in [-0.39, 0.29) is 11.8 Å². The summed E-state index contributed by atoms with van der Waals surface area (Å²) in [4.78, 5) is 18.4. The second kappa shape index (κ2) is 6.91. The summed E-state index contributed by atoms with van der Waals surface area (Å²) >= 11 is 1.58. The van der Waals surface area contributed by atoms with E-state index in [0.29, 0.717) is 6.54 Å². The van der Waals surface area contributed by atoms with E-state index in [9.17, 15) is 4.79 Å². The first-order chi connectivity index (χ1) is 12.3. The molecule has 0 aliphatic carbocycles. The molecular formula is C20H17N3OS. The van der Waals surface area contributed by atoms with Gasteiger partial charge < -0.3 is 5.32 Å². The lowest BCUT2D eigenvalue weighted by atomic mass is 9.90. The summed E-state index contributed by atoms with van der Waals surface area (Å²) in [5, 5.41) is 5.03. The van der Waals surface area contributed by atoms with E-state index in [1.807, 2.05) is 82.8 Å². The monoisotopic (exact) mass is 347 g/mol. The number of aromatic nitrogens is 2. The average molecular weight is 347 g/mol. The minimum atomic E-state index is -0.328. The molecule has 0 aliphatic heterocycles. The van der Waals surface area contributed by atoms with E-state index < -0.39 is 0 Å². The van der Waals surface area contributed by atoms with Crippen LogP contribution in [-0.4, -0.2) is 15.3 Å². The lowest BCUT2D eigenvalue weighted by Gasteiger charge is -2.17. The van der Waals surface area contributed by atoms with Crippen molar-refractivity contribution in [3.8, 4) is 0 Å². The summed E-state index contributed by atoms with van der Waals surface area (Å²) < 4.78 is 1.97.